The monoisotopic (exact) mass is 543 g/mol. The Labute approximate surface area is 208 Å². The first-order valence-electron chi connectivity index (χ1n) is 10.6. The van der Waals surface area contributed by atoms with Gasteiger partial charge >= 0.3 is 0 Å². The van der Waals surface area contributed by atoms with Crippen molar-refractivity contribution in [1.29, 1.82) is 0 Å². The number of nitrogens with one attached hydrogen (secondary N) is 2. The van der Waals surface area contributed by atoms with Crippen molar-refractivity contribution in [1.82, 2.24) is 5.32 Å². The summed E-state index contributed by atoms with van der Waals surface area (Å²) in [5.74, 6) is -0.883. The number of benzene rings is 3. The minimum Gasteiger partial charge on any atom is -0.352 e. The third-order valence-electron chi connectivity index (χ3n) is 5.10. The van der Waals surface area contributed by atoms with Gasteiger partial charge in [0.25, 0.3) is 5.91 Å². The Morgan fingerprint density at radius 2 is 1.65 bits per heavy atom. The maximum atomic E-state index is 12.8. The van der Waals surface area contributed by atoms with E-state index in [-0.39, 0.29) is 5.91 Å². The quantitative estimate of drug-likeness (QED) is 0.424. The van der Waals surface area contributed by atoms with E-state index in [1.165, 1.54) is 0 Å². The van der Waals surface area contributed by atoms with Crippen molar-refractivity contribution in [2.75, 3.05) is 29.0 Å². The molecule has 0 atom stereocenters. The zero-order valence-electron chi connectivity index (χ0n) is 18.9. The van der Waals surface area contributed by atoms with Crippen LogP contribution in [0.2, 0.25) is 0 Å². The second kappa shape index (κ2) is 11.3. The fourth-order valence-electron chi connectivity index (χ4n) is 3.35. The first-order valence-corrected chi connectivity index (χ1v) is 13.2. The van der Waals surface area contributed by atoms with Gasteiger partial charge in [-0.2, -0.15) is 0 Å². The normalized spacial score (nSPS) is 11.0. The number of hydrogen-bond acceptors (Lipinski definition) is 4. The predicted molar refractivity (Wildman–Crippen MR) is 139 cm³/mol. The van der Waals surface area contributed by atoms with E-state index < -0.39 is 22.5 Å². The van der Waals surface area contributed by atoms with Crippen LogP contribution >= 0.6 is 15.9 Å². The van der Waals surface area contributed by atoms with Gasteiger partial charge in [-0.15, -0.1) is 0 Å². The molecule has 0 saturated heterocycles. The molecule has 0 aliphatic carbocycles. The van der Waals surface area contributed by atoms with Gasteiger partial charge in [0.15, 0.2) is 0 Å². The van der Waals surface area contributed by atoms with E-state index in [0.29, 0.717) is 29.9 Å². The lowest BCUT2D eigenvalue weighted by Gasteiger charge is -2.23. The van der Waals surface area contributed by atoms with Gasteiger partial charge in [-0.3, -0.25) is 13.9 Å². The van der Waals surface area contributed by atoms with Gasteiger partial charge in [0.05, 0.1) is 23.2 Å². The molecule has 0 saturated carbocycles. The van der Waals surface area contributed by atoms with Crippen LogP contribution in [-0.4, -0.2) is 39.6 Å². The van der Waals surface area contributed by atoms with Crippen LogP contribution < -0.4 is 14.9 Å². The summed E-state index contributed by atoms with van der Waals surface area (Å²) in [6, 6.07) is 21.5. The van der Waals surface area contributed by atoms with Crippen LogP contribution in [0.25, 0.3) is 0 Å². The fourth-order valence-corrected chi connectivity index (χ4v) is 4.45. The molecular formula is C25H26BrN3O4S. The zero-order chi connectivity index (χ0) is 24.7. The molecule has 0 unspecified atom stereocenters. The van der Waals surface area contributed by atoms with Crippen LogP contribution in [0.1, 0.15) is 21.5 Å². The highest BCUT2D eigenvalue weighted by Gasteiger charge is 2.22. The summed E-state index contributed by atoms with van der Waals surface area (Å²) in [4.78, 5) is 25.5. The molecule has 2 amide bonds. The number of sulfonamides is 1. The van der Waals surface area contributed by atoms with E-state index in [9.17, 15) is 18.0 Å². The minimum absolute atomic E-state index is 0.300. The highest BCUT2D eigenvalue weighted by atomic mass is 79.9. The Morgan fingerprint density at radius 1 is 0.971 bits per heavy atom. The second-order valence-electron chi connectivity index (χ2n) is 7.79. The number of rotatable bonds is 9. The second-order valence-corrected chi connectivity index (χ2v) is 10.5. The molecule has 0 radical (unpaired) electrons. The van der Waals surface area contributed by atoms with Gasteiger partial charge in [-0.25, -0.2) is 8.42 Å². The number of para-hydroxylation sites is 1. The average molecular weight is 544 g/mol. The molecule has 0 heterocycles. The Morgan fingerprint density at radius 3 is 2.32 bits per heavy atom. The lowest BCUT2D eigenvalue weighted by molar-refractivity contribution is -0.114. The molecule has 3 aromatic rings. The van der Waals surface area contributed by atoms with E-state index >= 15 is 0 Å². The molecule has 9 heteroatoms. The molecule has 7 nitrogen and oxygen atoms in total. The maximum absolute atomic E-state index is 12.8. The summed E-state index contributed by atoms with van der Waals surface area (Å²) in [5, 5.41) is 5.55. The summed E-state index contributed by atoms with van der Waals surface area (Å²) in [6.45, 7) is 1.85. The highest BCUT2D eigenvalue weighted by molar-refractivity contribution is 9.10. The number of halogens is 1. The van der Waals surface area contributed by atoms with Gasteiger partial charge < -0.3 is 10.6 Å². The number of aryl methyl sites for hydroxylation is 1. The summed E-state index contributed by atoms with van der Waals surface area (Å²) < 4.78 is 26.7. The molecule has 0 aromatic heterocycles. The molecule has 0 spiro atoms. The number of carbonyl (C=O) groups is 2. The topological polar surface area (TPSA) is 95.6 Å². The van der Waals surface area contributed by atoms with E-state index in [0.717, 1.165) is 26.2 Å². The standard InChI is InChI=1S/C25H26BrN3O4S/c1-18-16-20(12-13-22(18)26)29(34(2,32)33)17-24(30)28-23-11-7-6-10-21(23)25(31)27-15-14-19-8-4-3-5-9-19/h3-13,16H,14-15,17H2,1-2H3,(H,27,31)(H,28,30). The first-order chi connectivity index (χ1) is 16.1. The third kappa shape index (κ3) is 6.91. The molecule has 3 aromatic carbocycles. The summed E-state index contributed by atoms with van der Waals surface area (Å²) in [6.07, 6.45) is 1.73. The Hall–Kier alpha value is -3.17. The van der Waals surface area contributed by atoms with Gasteiger partial charge in [-0.05, 0) is 54.8 Å². The molecule has 178 valence electrons. The van der Waals surface area contributed by atoms with Crippen molar-refractivity contribution in [3.8, 4) is 0 Å². The van der Waals surface area contributed by atoms with Crippen LogP contribution in [0.3, 0.4) is 0 Å². The maximum Gasteiger partial charge on any atom is 0.253 e. The van der Waals surface area contributed by atoms with Gasteiger partial charge in [0, 0.05) is 11.0 Å². The van der Waals surface area contributed by atoms with Crippen LogP contribution in [0, 0.1) is 6.92 Å². The number of nitrogens with zero attached hydrogens (tertiary/aromatic N) is 1. The van der Waals surface area contributed by atoms with Crippen molar-refractivity contribution < 1.29 is 18.0 Å². The van der Waals surface area contributed by atoms with Gasteiger partial charge in [0.2, 0.25) is 15.9 Å². The highest BCUT2D eigenvalue weighted by Crippen LogP contribution is 2.25. The Bertz CT molecular complexity index is 1280. The summed E-state index contributed by atoms with van der Waals surface area (Å²) >= 11 is 3.39. The van der Waals surface area contributed by atoms with Crippen LogP contribution in [0.15, 0.2) is 77.3 Å². The SMILES string of the molecule is Cc1cc(N(CC(=O)Nc2ccccc2C(=O)NCCc2ccccc2)S(C)(=O)=O)ccc1Br. The smallest absolute Gasteiger partial charge is 0.253 e. The molecule has 0 bridgehead atoms. The van der Waals surface area contributed by atoms with E-state index in [1.54, 1.807) is 42.5 Å². The third-order valence-corrected chi connectivity index (χ3v) is 7.14. The number of carbonyl (C=O) groups excluding carboxylic acids is 2. The summed E-state index contributed by atoms with van der Waals surface area (Å²) in [7, 11) is -3.72. The predicted octanol–water partition coefficient (Wildman–Crippen LogP) is 4.13. The first kappa shape index (κ1) is 25.5. The van der Waals surface area contributed by atoms with Gasteiger partial charge in [0.1, 0.15) is 6.54 Å². The molecule has 2 N–H and O–H groups in total. The lowest BCUT2D eigenvalue weighted by atomic mass is 10.1. The number of amides is 2. The van der Waals surface area contributed by atoms with E-state index in [4.69, 9.17) is 0 Å². The molecule has 0 aliphatic rings. The number of hydrogen-bond donors (Lipinski definition) is 2. The lowest BCUT2D eigenvalue weighted by Crippen LogP contribution is -2.38. The molecular weight excluding hydrogens is 518 g/mol. The Kier molecular flexibility index (Phi) is 8.46. The molecule has 3 rings (SSSR count). The van der Waals surface area contributed by atoms with Crippen LogP contribution in [-0.2, 0) is 21.2 Å². The van der Waals surface area contributed by atoms with Crippen molar-refractivity contribution in [3.63, 3.8) is 0 Å². The molecule has 0 aliphatic heterocycles. The van der Waals surface area contributed by atoms with E-state index in [2.05, 4.69) is 26.6 Å². The van der Waals surface area contributed by atoms with Crippen molar-refractivity contribution in [2.45, 2.75) is 13.3 Å². The van der Waals surface area contributed by atoms with Gasteiger partial charge in [-0.1, -0.05) is 58.4 Å². The minimum atomic E-state index is -3.72. The average Bonchev–Trinajstić information content (AvgIpc) is 2.79. The molecule has 34 heavy (non-hydrogen) atoms. The van der Waals surface area contributed by atoms with Crippen molar-refractivity contribution >= 4 is 49.1 Å². The molecule has 0 fully saturated rings. The summed E-state index contributed by atoms with van der Waals surface area (Å²) in [5.41, 5.74) is 2.93. The fraction of sp³-hybridized carbons (Fsp3) is 0.200. The van der Waals surface area contributed by atoms with Crippen LogP contribution in [0.4, 0.5) is 11.4 Å². The van der Waals surface area contributed by atoms with Crippen LogP contribution in [0.5, 0.6) is 0 Å². The Balaban J connectivity index is 1.70. The zero-order valence-corrected chi connectivity index (χ0v) is 21.3. The van der Waals surface area contributed by atoms with Crippen molar-refractivity contribution in [3.05, 3.63) is 94.0 Å². The van der Waals surface area contributed by atoms with Crippen molar-refractivity contribution in [2.24, 2.45) is 0 Å². The number of anilines is 2. The van der Waals surface area contributed by atoms with E-state index in [1.807, 2.05) is 37.3 Å². The largest absolute Gasteiger partial charge is 0.352 e.